The van der Waals surface area contributed by atoms with Crippen LogP contribution < -0.4 is 0 Å². The molecule has 0 bridgehead atoms. The van der Waals surface area contributed by atoms with Crippen LogP contribution in [0, 0.1) is 0 Å². The first kappa shape index (κ1) is 31.5. The van der Waals surface area contributed by atoms with E-state index in [0.717, 1.165) is 11.4 Å². The lowest BCUT2D eigenvalue weighted by atomic mass is 9.82. The minimum absolute atomic E-state index is 1.16. The maximum absolute atomic E-state index is 2.40. The minimum Gasteiger partial charge on any atom is -0.309 e. The maximum Gasteiger partial charge on any atom is 0.0541 e. The molecule has 2 heterocycles. The van der Waals surface area contributed by atoms with Gasteiger partial charge in [-0.1, -0.05) is 158 Å². The second kappa shape index (κ2) is 11.9. The van der Waals surface area contributed by atoms with Crippen LogP contribution in [0.15, 0.2) is 206 Å². The van der Waals surface area contributed by atoms with E-state index >= 15 is 0 Å². The molecule has 0 amide bonds. The number of benzene rings is 10. The molecule has 0 saturated carbocycles. The average molecular weight is 735 g/mol. The van der Waals surface area contributed by atoms with Gasteiger partial charge in [0.1, 0.15) is 0 Å². The first-order valence-corrected chi connectivity index (χ1v) is 20.1. The Morgan fingerprint density at radius 3 is 0.931 bits per heavy atom. The van der Waals surface area contributed by atoms with Crippen molar-refractivity contribution in [2.24, 2.45) is 0 Å². The van der Waals surface area contributed by atoms with Gasteiger partial charge in [-0.3, -0.25) is 0 Å². The molecule has 0 atom stereocenters. The van der Waals surface area contributed by atoms with E-state index in [9.17, 15) is 0 Å². The van der Waals surface area contributed by atoms with Crippen LogP contribution in [0.5, 0.6) is 0 Å². The Bertz CT molecular complexity index is 3310. The van der Waals surface area contributed by atoms with Crippen molar-refractivity contribution in [2.75, 3.05) is 0 Å². The monoisotopic (exact) mass is 734 g/mol. The van der Waals surface area contributed by atoms with Crippen LogP contribution in [0.2, 0.25) is 0 Å². The van der Waals surface area contributed by atoms with Crippen LogP contribution in [0.25, 0.3) is 121 Å². The third kappa shape index (κ3) is 4.26. The van der Waals surface area contributed by atoms with Crippen molar-refractivity contribution in [3.63, 3.8) is 0 Å². The van der Waals surface area contributed by atoms with Crippen molar-refractivity contribution in [3.8, 4) is 55.9 Å². The number of hydrogen-bond acceptors (Lipinski definition) is 0. The van der Waals surface area contributed by atoms with Crippen molar-refractivity contribution >= 4 is 65.2 Å². The van der Waals surface area contributed by atoms with E-state index in [1.54, 1.807) is 0 Å². The van der Waals surface area contributed by atoms with Gasteiger partial charge >= 0.3 is 0 Å². The lowest BCUT2D eigenvalue weighted by Gasteiger charge is -2.21. The average Bonchev–Trinajstić information content (AvgIpc) is 3.93. The van der Waals surface area contributed by atoms with Gasteiger partial charge in [-0.15, -0.1) is 0 Å². The number of hydrogen-bond donors (Lipinski definition) is 0. The van der Waals surface area contributed by atoms with Crippen molar-refractivity contribution in [1.82, 2.24) is 9.13 Å². The van der Waals surface area contributed by atoms with Gasteiger partial charge in [0.25, 0.3) is 0 Å². The summed E-state index contributed by atoms with van der Waals surface area (Å²) in [5.41, 5.74) is 17.5. The molecule has 13 rings (SSSR count). The Labute approximate surface area is 335 Å². The van der Waals surface area contributed by atoms with Gasteiger partial charge in [0.2, 0.25) is 0 Å². The van der Waals surface area contributed by atoms with E-state index in [1.807, 2.05) is 0 Å². The maximum atomic E-state index is 2.40. The van der Waals surface area contributed by atoms with Crippen molar-refractivity contribution < 1.29 is 0 Å². The number of aromatic nitrogens is 2. The van der Waals surface area contributed by atoms with Crippen LogP contribution >= 0.6 is 0 Å². The Hall–Kier alpha value is -7.68. The van der Waals surface area contributed by atoms with Gasteiger partial charge in [-0.2, -0.15) is 0 Å². The fourth-order valence-corrected chi connectivity index (χ4v) is 10.3. The Morgan fingerprint density at radius 1 is 0.241 bits per heavy atom. The largest absolute Gasteiger partial charge is 0.309 e. The molecular weight excluding hydrogens is 701 g/mol. The Kier molecular flexibility index (Phi) is 6.47. The van der Waals surface area contributed by atoms with Gasteiger partial charge in [0, 0.05) is 32.9 Å². The van der Waals surface area contributed by atoms with Crippen LogP contribution in [0.1, 0.15) is 0 Å². The zero-order valence-corrected chi connectivity index (χ0v) is 31.5. The number of nitrogens with zero attached hydrogens (tertiary/aromatic N) is 2. The van der Waals surface area contributed by atoms with E-state index in [2.05, 4.69) is 215 Å². The Balaban J connectivity index is 1.05. The molecule has 0 unspecified atom stereocenters. The molecule has 0 aliphatic heterocycles. The molecule has 12 aromatic rings. The summed E-state index contributed by atoms with van der Waals surface area (Å²) in [5, 5.41) is 10.2. The summed E-state index contributed by atoms with van der Waals surface area (Å²) in [6, 6.07) is 76.2. The molecular formula is C56H34N2. The molecule has 1 aliphatic rings. The smallest absolute Gasteiger partial charge is 0.0541 e. The van der Waals surface area contributed by atoms with E-state index in [0.29, 0.717) is 0 Å². The molecule has 2 aromatic heterocycles. The summed E-state index contributed by atoms with van der Waals surface area (Å²) in [6.45, 7) is 0. The first-order chi connectivity index (χ1) is 28.8. The Morgan fingerprint density at radius 2 is 0.569 bits per heavy atom. The highest BCUT2D eigenvalue weighted by Gasteiger charge is 2.30. The molecule has 0 radical (unpaired) electrons. The van der Waals surface area contributed by atoms with Crippen LogP contribution in [-0.2, 0) is 0 Å². The summed E-state index contributed by atoms with van der Waals surface area (Å²) in [7, 11) is 0. The molecule has 0 saturated heterocycles. The fourth-order valence-electron chi connectivity index (χ4n) is 10.3. The standard InChI is InChI=1S/C56H34N2/c1-2-20-45-44(19-1)53(36-27-31-38(32-28-36)57-48-23-7-3-15-40(48)41-16-4-8-24-49(41)57)55-46-21-11-13-35-14-12-22-47(52(35)46)56(55)54(45)37-29-33-39(34-30-37)58-50-25-9-5-17-42(50)43-18-6-10-26-51(43)58/h1-34H. The van der Waals surface area contributed by atoms with Gasteiger partial charge < -0.3 is 9.13 Å². The van der Waals surface area contributed by atoms with Gasteiger partial charge in [0.05, 0.1) is 22.1 Å². The van der Waals surface area contributed by atoms with E-state index in [4.69, 9.17) is 0 Å². The zero-order valence-electron chi connectivity index (χ0n) is 31.5. The van der Waals surface area contributed by atoms with Crippen LogP contribution in [-0.4, -0.2) is 9.13 Å². The molecule has 0 fully saturated rings. The second-order valence-electron chi connectivity index (χ2n) is 15.6. The van der Waals surface area contributed by atoms with Gasteiger partial charge in [-0.25, -0.2) is 0 Å². The number of para-hydroxylation sites is 4. The number of rotatable bonds is 4. The van der Waals surface area contributed by atoms with Gasteiger partial charge in [-0.05, 0) is 115 Å². The normalized spacial score (nSPS) is 12.1. The highest BCUT2D eigenvalue weighted by Crippen LogP contribution is 2.57. The third-order valence-electron chi connectivity index (χ3n) is 12.6. The van der Waals surface area contributed by atoms with Gasteiger partial charge in [0.15, 0.2) is 0 Å². The highest BCUT2D eigenvalue weighted by molar-refractivity contribution is 6.27. The predicted octanol–water partition coefficient (Wildman–Crippen LogP) is 15.2. The predicted molar refractivity (Wildman–Crippen MR) is 245 cm³/mol. The molecule has 2 heteroatoms. The summed E-state index contributed by atoms with van der Waals surface area (Å²) < 4.78 is 4.80. The van der Waals surface area contributed by atoms with Crippen LogP contribution in [0.3, 0.4) is 0 Å². The SMILES string of the molecule is c1cc2c3c(cccc3c1)-c1c-2c(-c2ccc(-n3c4ccccc4c4ccccc43)cc2)c2ccccc2c1-c1ccc(-n2c3ccccc3c3ccccc32)cc1. The fraction of sp³-hybridized carbons (Fsp3) is 0. The third-order valence-corrected chi connectivity index (χ3v) is 12.6. The topological polar surface area (TPSA) is 9.86 Å². The lowest BCUT2D eigenvalue weighted by Crippen LogP contribution is -1.96. The molecule has 2 nitrogen and oxygen atoms in total. The summed E-state index contributed by atoms with van der Waals surface area (Å²) in [5.74, 6) is 0. The van der Waals surface area contributed by atoms with Crippen molar-refractivity contribution in [3.05, 3.63) is 206 Å². The summed E-state index contributed by atoms with van der Waals surface area (Å²) in [4.78, 5) is 0. The molecule has 0 spiro atoms. The molecule has 268 valence electrons. The zero-order chi connectivity index (χ0) is 37.9. The molecule has 10 aromatic carbocycles. The van der Waals surface area contributed by atoms with E-state index in [-0.39, 0.29) is 0 Å². The molecule has 1 aliphatic carbocycles. The second-order valence-corrected chi connectivity index (χ2v) is 15.6. The quantitative estimate of drug-likeness (QED) is 0.170. The first-order valence-electron chi connectivity index (χ1n) is 20.1. The van der Waals surface area contributed by atoms with E-state index < -0.39 is 0 Å². The minimum atomic E-state index is 1.16. The van der Waals surface area contributed by atoms with Crippen LogP contribution in [0.4, 0.5) is 0 Å². The van der Waals surface area contributed by atoms with Crippen molar-refractivity contribution in [2.45, 2.75) is 0 Å². The molecule has 58 heavy (non-hydrogen) atoms. The van der Waals surface area contributed by atoms with Crippen molar-refractivity contribution in [1.29, 1.82) is 0 Å². The highest BCUT2D eigenvalue weighted by atomic mass is 15.0. The lowest BCUT2D eigenvalue weighted by molar-refractivity contribution is 1.18. The summed E-state index contributed by atoms with van der Waals surface area (Å²) >= 11 is 0. The number of fused-ring (bicyclic) bond motifs is 10. The molecule has 0 N–H and O–H groups in total. The summed E-state index contributed by atoms with van der Waals surface area (Å²) in [6.07, 6.45) is 0. The van der Waals surface area contributed by atoms with E-state index in [1.165, 1.54) is 110 Å².